The average molecular weight is 387 g/mol. The fourth-order valence-electron chi connectivity index (χ4n) is 2.41. The quantitative estimate of drug-likeness (QED) is 0.827. The molecule has 27 heavy (non-hydrogen) atoms. The molecule has 1 heterocycles. The van der Waals surface area contributed by atoms with Crippen LogP contribution in [0.1, 0.15) is 32.8 Å². The summed E-state index contributed by atoms with van der Waals surface area (Å²) >= 11 is 0. The molecule has 1 atom stereocenters. The van der Waals surface area contributed by atoms with Gasteiger partial charge in [0, 0.05) is 13.0 Å². The third kappa shape index (κ3) is 5.60. The van der Waals surface area contributed by atoms with E-state index in [0.717, 1.165) is 5.01 Å². The number of aliphatic carboxylic acids is 1. The summed E-state index contributed by atoms with van der Waals surface area (Å²) in [5.74, 6) is -1.41. The van der Waals surface area contributed by atoms with E-state index in [1.807, 2.05) is 0 Å². The fourth-order valence-corrected chi connectivity index (χ4v) is 2.41. The van der Waals surface area contributed by atoms with Crippen LogP contribution in [0.3, 0.4) is 0 Å². The van der Waals surface area contributed by atoms with Crippen molar-refractivity contribution in [1.29, 1.82) is 0 Å². The molecular weight excluding hydrogens is 367 g/mol. The number of benzene rings is 1. The molecule has 2 rings (SSSR count). The van der Waals surface area contributed by atoms with Crippen molar-refractivity contribution >= 4 is 23.5 Å². The number of hydrogen-bond acceptors (Lipinski definition) is 5. The Morgan fingerprint density at radius 2 is 2.00 bits per heavy atom. The Morgan fingerprint density at radius 1 is 1.33 bits per heavy atom. The van der Waals surface area contributed by atoms with Crippen LogP contribution in [-0.4, -0.2) is 40.7 Å². The van der Waals surface area contributed by atoms with Crippen LogP contribution in [0, 0.1) is 0 Å². The number of carboxylic acids is 1. The first kappa shape index (κ1) is 20.5. The maximum Gasteiger partial charge on any atom is 0.431 e. The van der Waals surface area contributed by atoms with Gasteiger partial charge >= 0.3 is 18.2 Å². The highest BCUT2D eigenvalue weighted by molar-refractivity contribution is 5.98. The zero-order chi connectivity index (χ0) is 20.4. The zero-order valence-electron chi connectivity index (χ0n) is 15.0. The predicted molar refractivity (Wildman–Crippen MR) is 91.5 cm³/mol. The Bertz CT molecular complexity index is 757. The molecule has 0 spiro atoms. The van der Waals surface area contributed by atoms with Crippen LogP contribution in [0.2, 0.25) is 0 Å². The van der Waals surface area contributed by atoms with Gasteiger partial charge in [-0.3, -0.25) is 5.01 Å². The highest BCUT2D eigenvalue weighted by Gasteiger charge is 2.45. The molecule has 1 aliphatic rings. The molecule has 10 heteroatoms. The Morgan fingerprint density at radius 3 is 2.56 bits per heavy atom. The van der Waals surface area contributed by atoms with E-state index in [1.54, 1.807) is 32.9 Å². The minimum atomic E-state index is -4.70. The monoisotopic (exact) mass is 387 g/mol. The first-order valence-electron chi connectivity index (χ1n) is 8.09. The Labute approximate surface area is 153 Å². The van der Waals surface area contributed by atoms with Gasteiger partial charge in [0.25, 0.3) is 0 Å². The van der Waals surface area contributed by atoms with E-state index in [2.05, 4.69) is 10.4 Å². The molecule has 0 aliphatic carbocycles. The minimum Gasteiger partial charge on any atom is -0.480 e. The number of alkyl halides is 3. The van der Waals surface area contributed by atoms with Crippen molar-refractivity contribution in [2.24, 2.45) is 5.10 Å². The van der Waals surface area contributed by atoms with Crippen molar-refractivity contribution in [2.45, 2.75) is 51.6 Å². The summed E-state index contributed by atoms with van der Waals surface area (Å²) in [5, 5.41) is 16.0. The number of carboxylic acid groups (broad SMARTS) is 1. The van der Waals surface area contributed by atoms with Crippen molar-refractivity contribution in [1.82, 2.24) is 5.32 Å². The number of rotatable bonds is 4. The number of hydrazone groups is 1. The van der Waals surface area contributed by atoms with E-state index in [1.165, 1.54) is 12.1 Å². The molecule has 0 saturated heterocycles. The van der Waals surface area contributed by atoms with Crippen LogP contribution in [0.15, 0.2) is 29.4 Å². The molecule has 0 saturated carbocycles. The maximum absolute atomic E-state index is 12.9. The number of nitrogens with one attached hydrogen (secondary N) is 1. The third-order valence-corrected chi connectivity index (χ3v) is 3.53. The Kier molecular flexibility index (Phi) is 5.67. The van der Waals surface area contributed by atoms with Gasteiger partial charge in [0.05, 0.1) is 5.69 Å². The standard InChI is InChI=1S/C17H20F3N3O4/c1-16(2,3)27-15(26)21-9-10-5-4-6-11(7-10)23-12(14(24)25)8-13(22-23)17(18,19)20/h4-7,12H,8-9H2,1-3H3,(H,21,26)(H,24,25). The number of ether oxygens (including phenoxy) is 1. The van der Waals surface area contributed by atoms with Gasteiger partial charge in [0.1, 0.15) is 11.3 Å². The molecule has 1 unspecified atom stereocenters. The summed E-state index contributed by atoms with van der Waals surface area (Å²) in [6.07, 6.45) is -6.08. The van der Waals surface area contributed by atoms with Crippen LogP contribution in [-0.2, 0) is 16.1 Å². The molecule has 1 aliphatic heterocycles. The molecule has 1 aromatic carbocycles. The van der Waals surface area contributed by atoms with Crippen LogP contribution >= 0.6 is 0 Å². The highest BCUT2D eigenvalue weighted by atomic mass is 19.4. The van der Waals surface area contributed by atoms with Crippen molar-refractivity contribution in [3.8, 4) is 0 Å². The maximum atomic E-state index is 12.9. The van der Waals surface area contributed by atoms with Crippen molar-refractivity contribution in [2.75, 3.05) is 5.01 Å². The lowest BCUT2D eigenvalue weighted by Crippen LogP contribution is -2.35. The molecule has 0 fully saturated rings. The Balaban J connectivity index is 2.16. The molecule has 1 aromatic rings. The largest absolute Gasteiger partial charge is 0.480 e. The van der Waals surface area contributed by atoms with Crippen molar-refractivity contribution in [3.05, 3.63) is 29.8 Å². The van der Waals surface area contributed by atoms with Crippen molar-refractivity contribution < 1.29 is 32.6 Å². The molecule has 0 bridgehead atoms. The van der Waals surface area contributed by atoms with Crippen LogP contribution in [0.25, 0.3) is 0 Å². The lowest BCUT2D eigenvalue weighted by atomic mass is 10.1. The van der Waals surface area contributed by atoms with Gasteiger partial charge in [0.2, 0.25) is 0 Å². The highest BCUT2D eigenvalue weighted by Crippen LogP contribution is 2.31. The van der Waals surface area contributed by atoms with Gasteiger partial charge in [-0.25, -0.2) is 9.59 Å². The van der Waals surface area contributed by atoms with Gasteiger partial charge in [0.15, 0.2) is 6.04 Å². The van der Waals surface area contributed by atoms with Gasteiger partial charge in [-0.05, 0) is 38.5 Å². The molecule has 148 valence electrons. The number of carbonyl (C=O) groups excluding carboxylic acids is 1. The van der Waals surface area contributed by atoms with Gasteiger partial charge < -0.3 is 15.2 Å². The second-order valence-corrected chi connectivity index (χ2v) is 6.97. The van der Waals surface area contributed by atoms with E-state index in [4.69, 9.17) is 4.74 Å². The van der Waals surface area contributed by atoms with Crippen LogP contribution in [0.4, 0.5) is 23.7 Å². The zero-order valence-corrected chi connectivity index (χ0v) is 15.0. The SMILES string of the molecule is CC(C)(C)OC(=O)NCc1cccc(N2N=C(C(F)(F)F)CC2C(=O)O)c1. The number of alkyl carbamates (subject to hydrolysis) is 1. The second-order valence-electron chi connectivity index (χ2n) is 6.97. The lowest BCUT2D eigenvalue weighted by Gasteiger charge is -2.21. The molecule has 7 nitrogen and oxygen atoms in total. The average Bonchev–Trinajstić information content (AvgIpc) is 2.97. The number of nitrogens with zero attached hydrogens (tertiary/aromatic N) is 2. The lowest BCUT2D eigenvalue weighted by molar-refractivity contribution is -0.138. The summed E-state index contributed by atoms with van der Waals surface area (Å²) in [4.78, 5) is 23.0. The summed E-state index contributed by atoms with van der Waals surface area (Å²) in [6.45, 7) is 5.19. The first-order chi connectivity index (χ1) is 12.4. The minimum absolute atomic E-state index is 0.0597. The summed E-state index contributed by atoms with van der Waals surface area (Å²) in [6, 6.07) is 4.66. The molecule has 0 aromatic heterocycles. The predicted octanol–water partition coefficient (Wildman–Crippen LogP) is 3.29. The van der Waals surface area contributed by atoms with E-state index in [-0.39, 0.29) is 12.2 Å². The topological polar surface area (TPSA) is 91.2 Å². The number of halogens is 3. The fraction of sp³-hybridized carbons (Fsp3) is 0.471. The Hall–Kier alpha value is -2.78. The number of amides is 1. The summed E-state index contributed by atoms with van der Waals surface area (Å²) in [5.41, 5.74) is -1.07. The van der Waals surface area contributed by atoms with Gasteiger partial charge in [-0.1, -0.05) is 12.1 Å². The van der Waals surface area contributed by atoms with E-state index in [0.29, 0.717) is 5.56 Å². The number of carbonyl (C=O) groups is 2. The number of hydrogen-bond donors (Lipinski definition) is 2. The van der Waals surface area contributed by atoms with E-state index < -0.39 is 42.0 Å². The van der Waals surface area contributed by atoms with E-state index >= 15 is 0 Å². The smallest absolute Gasteiger partial charge is 0.431 e. The van der Waals surface area contributed by atoms with Crippen LogP contribution < -0.4 is 10.3 Å². The van der Waals surface area contributed by atoms with Crippen molar-refractivity contribution in [3.63, 3.8) is 0 Å². The number of anilines is 1. The van der Waals surface area contributed by atoms with Gasteiger partial charge in [-0.2, -0.15) is 18.3 Å². The molecule has 1 amide bonds. The molecule has 0 radical (unpaired) electrons. The summed E-state index contributed by atoms with van der Waals surface area (Å²) < 4.78 is 43.8. The van der Waals surface area contributed by atoms with E-state index in [9.17, 15) is 27.9 Å². The first-order valence-corrected chi connectivity index (χ1v) is 8.09. The molecular formula is C17H20F3N3O4. The normalized spacial score (nSPS) is 17.5. The van der Waals surface area contributed by atoms with Crippen LogP contribution in [0.5, 0.6) is 0 Å². The second kappa shape index (κ2) is 7.45. The summed E-state index contributed by atoms with van der Waals surface area (Å²) in [7, 11) is 0. The third-order valence-electron chi connectivity index (χ3n) is 3.53. The molecule has 2 N–H and O–H groups in total. The van der Waals surface area contributed by atoms with Gasteiger partial charge in [-0.15, -0.1) is 0 Å².